The number of aliphatic hydroxyl groups is 7. The van der Waals surface area contributed by atoms with Crippen LogP contribution in [0.25, 0.3) is 0 Å². The van der Waals surface area contributed by atoms with Gasteiger partial charge in [0.25, 0.3) is 0 Å². The maximum absolute atomic E-state index is 12.4. The van der Waals surface area contributed by atoms with Gasteiger partial charge in [0, 0.05) is 24.3 Å². The van der Waals surface area contributed by atoms with Crippen molar-refractivity contribution in [3.05, 3.63) is 11.6 Å². The Bertz CT molecular complexity index is 1050. The van der Waals surface area contributed by atoms with Crippen LogP contribution >= 0.6 is 0 Å². The van der Waals surface area contributed by atoms with Gasteiger partial charge in [-0.25, -0.2) is 4.79 Å². The first-order valence-electron chi connectivity index (χ1n) is 14.8. The summed E-state index contributed by atoms with van der Waals surface area (Å²) in [4.78, 5) is 11.8. The fourth-order valence-electron chi connectivity index (χ4n) is 10.0. The van der Waals surface area contributed by atoms with Crippen LogP contribution in [0.2, 0.25) is 0 Å². The van der Waals surface area contributed by atoms with E-state index in [1.807, 2.05) is 0 Å². The Labute approximate surface area is 233 Å². The minimum Gasteiger partial charge on any atom is -0.458 e. The molecule has 4 saturated carbocycles. The van der Waals surface area contributed by atoms with E-state index in [9.17, 15) is 40.5 Å². The minimum absolute atomic E-state index is 0.00280. The summed E-state index contributed by atoms with van der Waals surface area (Å²) in [5, 5.41) is 77.8. The highest BCUT2D eigenvalue weighted by atomic mass is 16.7. The Kier molecular flexibility index (Phi) is 7.01. The number of aliphatic hydroxyl groups excluding tert-OH is 5. The van der Waals surface area contributed by atoms with Crippen LogP contribution in [-0.4, -0.2) is 109 Å². The van der Waals surface area contributed by atoms with Crippen molar-refractivity contribution in [2.75, 3.05) is 13.2 Å². The molecule has 0 amide bonds. The highest BCUT2D eigenvalue weighted by molar-refractivity contribution is 5.85. The van der Waals surface area contributed by atoms with Crippen molar-refractivity contribution in [3.8, 4) is 0 Å². The topological polar surface area (TPSA) is 186 Å². The molecule has 4 aliphatic carbocycles. The molecule has 5 fully saturated rings. The Balaban J connectivity index is 1.25. The monoisotopic (exact) mass is 568 g/mol. The molecule has 11 nitrogen and oxygen atoms in total. The number of rotatable bonds is 4. The Morgan fingerprint density at radius 1 is 1.00 bits per heavy atom. The summed E-state index contributed by atoms with van der Waals surface area (Å²) in [5.74, 6) is -0.940. The third kappa shape index (κ3) is 3.79. The van der Waals surface area contributed by atoms with Crippen LogP contribution in [0.15, 0.2) is 11.6 Å². The average Bonchev–Trinajstić information content (AvgIpc) is 3.45. The standard InChI is InChI=1S/C29H44O11/c1-14-22(33)23(34)24(35)25(39-14)40-16-10-20(31)28(13-30)18-3-6-26(2)17(15-9-21(32)38-12-15)5-8-29(26,37)19(18)4-7-27(28,36)11-16/h9,14,16-20,22-25,30-31,33-37H,3-8,10-13H2,1-2H3/t14-,16-,17+,18-,19+,20+,22-,23+,24+,25-,26+,27-,28-,29-/m0/s1. The third-order valence-corrected chi connectivity index (χ3v) is 12.2. The van der Waals surface area contributed by atoms with Crippen LogP contribution < -0.4 is 0 Å². The molecule has 2 heterocycles. The third-order valence-electron chi connectivity index (χ3n) is 12.2. The second kappa shape index (κ2) is 9.68. The highest BCUT2D eigenvalue weighted by Crippen LogP contribution is 2.70. The molecule has 0 aromatic heterocycles. The summed E-state index contributed by atoms with van der Waals surface area (Å²) in [7, 11) is 0. The van der Waals surface area contributed by atoms with Crippen molar-refractivity contribution in [1.29, 1.82) is 0 Å². The van der Waals surface area contributed by atoms with E-state index >= 15 is 0 Å². The zero-order valence-corrected chi connectivity index (χ0v) is 23.2. The molecule has 0 aromatic rings. The maximum atomic E-state index is 12.4. The lowest BCUT2D eigenvalue weighted by Crippen LogP contribution is -2.73. The molecule has 226 valence electrons. The van der Waals surface area contributed by atoms with Gasteiger partial charge in [0.15, 0.2) is 6.29 Å². The van der Waals surface area contributed by atoms with E-state index in [1.54, 1.807) is 13.0 Å². The number of ether oxygens (including phenoxy) is 3. The summed E-state index contributed by atoms with van der Waals surface area (Å²) in [6.07, 6.45) is -3.26. The van der Waals surface area contributed by atoms with E-state index in [1.165, 1.54) is 0 Å². The van der Waals surface area contributed by atoms with Crippen molar-refractivity contribution in [2.24, 2.45) is 28.6 Å². The molecule has 0 spiro atoms. The lowest BCUT2D eigenvalue weighted by atomic mass is 9.41. The number of fused-ring (bicyclic) bond motifs is 5. The van der Waals surface area contributed by atoms with Gasteiger partial charge in [-0.05, 0) is 68.8 Å². The second-order valence-corrected chi connectivity index (χ2v) is 13.7. The molecule has 7 N–H and O–H groups in total. The van der Waals surface area contributed by atoms with E-state index in [2.05, 4.69) is 6.92 Å². The van der Waals surface area contributed by atoms with Gasteiger partial charge < -0.3 is 50.0 Å². The molecule has 0 unspecified atom stereocenters. The normalized spacial score (nSPS) is 56.1. The quantitative estimate of drug-likeness (QED) is 0.171. The predicted molar refractivity (Wildman–Crippen MR) is 137 cm³/mol. The zero-order valence-electron chi connectivity index (χ0n) is 23.2. The Morgan fingerprint density at radius 2 is 1.73 bits per heavy atom. The number of cyclic esters (lactones) is 1. The van der Waals surface area contributed by atoms with Gasteiger partial charge in [0.1, 0.15) is 24.9 Å². The predicted octanol–water partition coefficient (Wildman–Crippen LogP) is -0.486. The molecule has 6 rings (SSSR count). The molecule has 1 saturated heterocycles. The van der Waals surface area contributed by atoms with Crippen LogP contribution in [-0.2, 0) is 19.0 Å². The van der Waals surface area contributed by atoms with Crippen molar-refractivity contribution < 1.29 is 54.8 Å². The summed E-state index contributed by atoms with van der Waals surface area (Å²) in [6.45, 7) is 3.44. The van der Waals surface area contributed by atoms with Crippen LogP contribution in [0.3, 0.4) is 0 Å². The summed E-state index contributed by atoms with van der Waals surface area (Å²) in [5.41, 5.74) is -3.43. The smallest absolute Gasteiger partial charge is 0.331 e. The largest absolute Gasteiger partial charge is 0.458 e. The molecule has 6 aliphatic rings. The SMILES string of the molecule is C[C@@H]1O[C@@H](O[C@H]2C[C@@H](O)[C@]3(CO)[C@H]4CC[C@]5(C)[C@@H](C6=CC(=O)OC6)CC[C@]5(O)[C@@H]4CC[C@]3(O)C2)[C@H](O)[C@H](O)[C@H]1O. The molecular weight excluding hydrogens is 524 g/mol. The van der Waals surface area contributed by atoms with Crippen molar-refractivity contribution in [2.45, 2.75) is 119 Å². The fraction of sp³-hybridized carbons (Fsp3) is 0.897. The Morgan fingerprint density at radius 3 is 2.40 bits per heavy atom. The first kappa shape index (κ1) is 28.9. The van der Waals surface area contributed by atoms with Crippen LogP contribution in [0.4, 0.5) is 0 Å². The summed E-state index contributed by atoms with van der Waals surface area (Å²) in [6, 6.07) is 0. The highest BCUT2D eigenvalue weighted by Gasteiger charge is 2.73. The summed E-state index contributed by atoms with van der Waals surface area (Å²) >= 11 is 0. The number of hydrogen-bond donors (Lipinski definition) is 7. The molecule has 0 aromatic carbocycles. The van der Waals surface area contributed by atoms with Gasteiger partial charge in [0.05, 0.1) is 41.5 Å². The van der Waals surface area contributed by atoms with E-state index in [4.69, 9.17) is 14.2 Å². The van der Waals surface area contributed by atoms with Gasteiger partial charge in [-0.2, -0.15) is 0 Å². The van der Waals surface area contributed by atoms with Crippen LogP contribution in [0.5, 0.6) is 0 Å². The van der Waals surface area contributed by atoms with Gasteiger partial charge >= 0.3 is 5.97 Å². The van der Waals surface area contributed by atoms with Crippen LogP contribution in [0, 0.1) is 28.6 Å². The average molecular weight is 569 g/mol. The lowest BCUT2D eigenvalue weighted by Gasteiger charge is -2.67. The number of carbonyl (C=O) groups excluding carboxylic acids is 1. The first-order chi connectivity index (χ1) is 18.8. The van der Waals surface area contributed by atoms with Crippen molar-refractivity contribution >= 4 is 5.97 Å². The maximum Gasteiger partial charge on any atom is 0.331 e. The zero-order chi connectivity index (χ0) is 28.8. The molecular formula is C29H44O11. The molecule has 0 radical (unpaired) electrons. The number of esters is 1. The molecule has 14 atom stereocenters. The molecule has 2 aliphatic heterocycles. The van der Waals surface area contributed by atoms with Gasteiger partial charge in [-0.1, -0.05) is 6.92 Å². The van der Waals surface area contributed by atoms with E-state index in [0.717, 1.165) is 12.0 Å². The number of hydrogen-bond acceptors (Lipinski definition) is 11. The van der Waals surface area contributed by atoms with Crippen molar-refractivity contribution in [1.82, 2.24) is 0 Å². The molecule has 40 heavy (non-hydrogen) atoms. The first-order valence-corrected chi connectivity index (χ1v) is 14.8. The second-order valence-electron chi connectivity index (χ2n) is 13.7. The lowest BCUT2D eigenvalue weighted by molar-refractivity contribution is -0.334. The Hall–Kier alpha value is -1.15. The number of carbonyl (C=O) groups is 1. The van der Waals surface area contributed by atoms with E-state index < -0.39 is 71.6 Å². The molecule has 0 bridgehead atoms. The fourth-order valence-corrected chi connectivity index (χ4v) is 10.0. The van der Waals surface area contributed by atoms with Crippen molar-refractivity contribution in [3.63, 3.8) is 0 Å². The summed E-state index contributed by atoms with van der Waals surface area (Å²) < 4.78 is 16.8. The van der Waals surface area contributed by atoms with E-state index in [0.29, 0.717) is 25.7 Å². The van der Waals surface area contributed by atoms with E-state index in [-0.39, 0.29) is 49.6 Å². The minimum atomic E-state index is -1.51. The van der Waals surface area contributed by atoms with Gasteiger partial charge in [-0.15, -0.1) is 0 Å². The van der Waals surface area contributed by atoms with Gasteiger partial charge in [-0.3, -0.25) is 0 Å². The van der Waals surface area contributed by atoms with Gasteiger partial charge in [0.2, 0.25) is 0 Å². The van der Waals surface area contributed by atoms with Crippen LogP contribution in [0.1, 0.15) is 65.2 Å². The molecule has 11 heteroatoms.